The minimum absolute atomic E-state index is 0.0588. The Hall–Kier alpha value is -3.36. The van der Waals surface area contributed by atoms with Gasteiger partial charge in [-0.05, 0) is 97.7 Å². The number of benzene rings is 3. The Kier molecular flexibility index (Phi) is 7.26. The lowest BCUT2D eigenvalue weighted by Crippen LogP contribution is -2.14. The van der Waals surface area contributed by atoms with Crippen molar-refractivity contribution in [2.75, 3.05) is 0 Å². The van der Waals surface area contributed by atoms with Gasteiger partial charge >= 0.3 is 0 Å². The molecule has 0 aliphatic heterocycles. The molecular weight excluding hydrogens is 410 g/mol. The van der Waals surface area contributed by atoms with Gasteiger partial charge in [-0.3, -0.25) is 0 Å². The molecule has 1 aliphatic carbocycles. The molecule has 0 atom stereocenters. The van der Waals surface area contributed by atoms with Crippen LogP contribution in [-0.2, 0) is 6.42 Å². The second-order valence-corrected chi connectivity index (χ2v) is 9.19. The van der Waals surface area contributed by atoms with Gasteiger partial charge in [-0.15, -0.1) is 0 Å². The van der Waals surface area contributed by atoms with Crippen LogP contribution < -0.4 is 0 Å². The second-order valence-electron chi connectivity index (χ2n) is 9.19. The Balaban J connectivity index is 1.37. The number of halogens is 2. The largest absolute Gasteiger partial charge is 0.207 e. The van der Waals surface area contributed by atoms with Crippen LogP contribution in [0.25, 0.3) is 0 Å². The maximum Gasteiger partial charge on any atom is 0.139 e. The molecule has 0 amide bonds. The van der Waals surface area contributed by atoms with Crippen LogP contribution in [0.4, 0.5) is 8.78 Å². The normalized spacial score (nSPS) is 17.5. The molecule has 4 rings (SSSR count). The first-order valence-electron chi connectivity index (χ1n) is 11.6. The molecule has 2 heteroatoms. The topological polar surface area (TPSA) is 0 Å². The van der Waals surface area contributed by atoms with Gasteiger partial charge in [0.15, 0.2) is 0 Å². The molecule has 3 aromatic rings. The van der Waals surface area contributed by atoms with Crippen molar-refractivity contribution in [2.24, 2.45) is 11.8 Å². The zero-order valence-electron chi connectivity index (χ0n) is 19.2. The molecule has 0 N–H and O–H groups in total. The van der Waals surface area contributed by atoms with Crippen LogP contribution in [0.1, 0.15) is 66.0 Å². The van der Waals surface area contributed by atoms with Crippen molar-refractivity contribution in [3.63, 3.8) is 0 Å². The minimum Gasteiger partial charge on any atom is -0.207 e. The van der Waals surface area contributed by atoms with E-state index in [0.717, 1.165) is 34.6 Å². The first-order chi connectivity index (χ1) is 16.0. The molecule has 0 radical (unpaired) electrons. The van der Waals surface area contributed by atoms with Crippen molar-refractivity contribution < 1.29 is 8.78 Å². The van der Waals surface area contributed by atoms with E-state index < -0.39 is 11.6 Å². The minimum atomic E-state index is -0.511. The van der Waals surface area contributed by atoms with Crippen molar-refractivity contribution in [2.45, 2.75) is 46.0 Å². The number of aryl methyl sites for hydroxylation is 1. The van der Waals surface area contributed by atoms with Crippen molar-refractivity contribution in [3.8, 4) is 23.7 Å². The Labute approximate surface area is 196 Å². The van der Waals surface area contributed by atoms with E-state index in [0.29, 0.717) is 0 Å². The molecule has 33 heavy (non-hydrogen) atoms. The van der Waals surface area contributed by atoms with Gasteiger partial charge in [0.25, 0.3) is 0 Å². The highest BCUT2D eigenvalue weighted by atomic mass is 19.1. The van der Waals surface area contributed by atoms with Crippen molar-refractivity contribution in [1.82, 2.24) is 0 Å². The molecule has 0 spiro atoms. The molecule has 0 nitrogen and oxygen atoms in total. The molecule has 166 valence electrons. The zero-order valence-corrected chi connectivity index (χ0v) is 19.2. The predicted molar refractivity (Wildman–Crippen MR) is 131 cm³/mol. The molecular formula is C31H28F2. The van der Waals surface area contributed by atoms with E-state index in [4.69, 9.17) is 0 Å². The standard InChI is InChI=1S/C31H28F2/c1-22-3-5-27(6-4-22)20-28-15-13-25(14-16-28)8-7-24-9-11-26(12-10-24)17-18-29-21-30(32)23(2)19-31(29)33/h9-16,19,21-22,27H,3-6,20H2,1-2H3. The predicted octanol–water partition coefficient (Wildman–Crippen LogP) is 7.44. The summed E-state index contributed by atoms with van der Waals surface area (Å²) in [5.41, 5.74) is 4.33. The SMILES string of the molecule is Cc1cc(F)c(C#Cc2ccc(C#Cc3ccc(CC4CCC(C)CC4)cc3)cc2)cc1F. The van der Waals surface area contributed by atoms with Gasteiger partial charge in [0.05, 0.1) is 5.56 Å². The molecule has 1 fully saturated rings. The number of hydrogen-bond acceptors (Lipinski definition) is 0. The quantitative estimate of drug-likeness (QED) is 0.365. The highest BCUT2D eigenvalue weighted by Gasteiger charge is 2.18. The molecule has 3 aromatic carbocycles. The van der Waals surface area contributed by atoms with Crippen molar-refractivity contribution in [3.05, 3.63) is 106 Å². The van der Waals surface area contributed by atoms with Gasteiger partial charge in [0, 0.05) is 16.7 Å². The van der Waals surface area contributed by atoms with E-state index in [2.05, 4.69) is 54.9 Å². The smallest absolute Gasteiger partial charge is 0.139 e. The first kappa shape index (κ1) is 22.8. The maximum absolute atomic E-state index is 13.9. The highest BCUT2D eigenvalue weighted by Crippen LogP contribution is 2.30. The Morgan fingerprint density at radius 3 is 1.79 bits per heavy atom. The van der Waals surface area contributed by atoms with E-state index in [1.165, 1.54) is 50.7 Å². The Morgan fingerprint density at radius 2 is 1.21 bits per heavy atom. The van der Waals surface area contributed by atoms with Crippen LogP contribution in [0.2, 0.25) is 0 Å². The summed E-state index contributed by atoms with van der Waals surface area (Å²) in [6, 6.07) is 18.4. The summed E-state index contributed by atoms with van der Waals surface area (Å²) >= 11 is 0. The fourth-order valence-corrected chi connectivity index (χ4v) is 4.25. The summed E-state index contributed by atoms with van der Waals surface area (Å²) in [7, 11) is 0. The monoisotopic (exact) mass is 438 g/mol. The van der Waals surface area contributed by atoms with Crippen LogP contribution in [0, 0.1) is 54.1 Å². The van der Waals surface area contributed by atoms with E-state index >= 15 is 0 Å². The average molecular weight is 439 g/mol. The van der Waals surface area contributed by atoms with E-state index in [1.807, 2.05) is 24.3 Å². The highest BCUT2D eigenvalue weighted by molar-refractivity contribution is 5.48. The van der Waals surface area contributed by atoms with E-state index in [9.17, 15) is 8.78 Å². The van der Waals surface area contributed by atoms with Gasteiger partial charge < -0.3 is 0 Å². The zero-order chi connectivity index (χ0) is 23.2. The summed E-state index contributed by atoms with van der Waals surface area (Å²) in [5.74, 6) is 12.7. The van der Waals surface area contributed by atoms with E-state index in [-0.39, 0.29) is 11.1 Å². The van der Waals surface area contributed by atoms with Gasteiger partial charge in [-0.25, -0.2) is 8.78 Å². The first-order valence-corrected chi connectivity index (χ1v) is 11.6. The third kappa shape index (κ3) is 6.34. The Morgan fingerprint density at radius 1 is 0.697 bits per heavy atom. The van der Waals surface area contributed by atoms with Gasteiger partial charge in [0.1, 0.15) is 11.6 Å². The maximum atomic E-state index is 13.9. The number of hydrogen-bond donors (Lipinski definition) is 0. The average Bonchev–Trinajstić information content (AvgIpc) is 2.82. The molecule has 1 aliphatic rings. The van der Waals surface area contributed by atoms with Crippen molar-refractivity contribution in [1.29, 1.82) is 0 Å². The number of rotatable bonds is 2. The van der Waals surface area contributed by atoms with Crippen LogP contribution in [0.15, 0.2) is 60.7 Å². The summed E-state index contributed by atoms with van der Waals surface area (Å²) in [4.78, 5) is 0. The molecule has 0 unspecified atom stereocenters. The third-order valence-electron chi connectivity index (χ3n) is 6.44. The van der Waals surface area contributed by atoms with Crippen LogP contribution in [0.5, 0.6) is 0 Å². The van der Waals surface area contributed by atoms with Gasteiger partial charge in [-0.1, -0.05) is 55.6 Å². The van der Waals surface area contributed by atoms with Crippen LogP contribution in [0.3, 0.4) is 0 Å². The summed E-state index contributed by atoms with van der Waals surface area (Å²) in [6.07, 6.45) is 6.59. The Bertz CT molecular complexity index is 1220. The lowest BCUT2D eigenvalue weighted by Gasteiger charge is -2.26. The lowest BCUT2D eigenvalue weighted by atomic mass is 9.80. The molecule has 0 saturated heterocycles. The molecule has 0 bridgehead atoms. The fraction of sp³-hybridized carbons (Fsp3) is 0.290. The summed E-state index contributed by atoms with van der Waals surface area (Å²) < 4.78 is 27.6. The van der Waals surface area contributed by atoms with Crippen LogP contribution >= 0.6 is 0 Å². The van der Waals surface area contributed by atoms with Crippen LogP contribution in [-0.4, -0.2) is 0 Å². The fourth-order valence-electron chi connectivity index (χ4n) is 4.25. The third-order valence-corrected chi connectivity index (χ3v) is 6.44. The molecule has 0 aromatic heterocycles. The van der Waals surface area contributed by atoms with E-state index in [1.54, 1.807) is 0 Å². The summed E-state index contributed by atoms with van der Waals surface area (Å²) in [5, 5.41) is 0. The van der Waals surface area contributed by atoms with Gasteiger partial charge in [0.2, 0.25) is 0 Å². The molecule has 0 heterocycles. The van der Waals surface area contributed by atoms with Gasteiger partial charge in [-0.2, -0.15) is 0 Å². The lowest BCUT2D eigenvalue weighted by molar-refractivity contribution is 0.289. The second kappa shape index (κ2) is 10.5. The van der Waals surface area contributed by atoms with Crippen molar-refractivity contribution >= 4 is 0 Å². The summed E-state index contributed by atoms with van der Waals surface area (Å²) in [6.45, 7) is 3.89. The molecule has 1 saturated carbocycles.